The first-order valence-electron chi connectivity index (χ1n) is 9.52. The molecule has 0 saturated heterocycles. The number of rotatable bonds is 3. The summed E-state index contributed by atoms with van der Waals surface area (Å²) in [5, 5.41) is 8.36. The van der Waals surface area contributed by atoms with Crippen LogP contribution in [0.25, 0.3) is 11.0 Å². The second-order valence-corrected chi connectivity index (χ2v) is 7.08. The Hall–Kier alpha value is -3.47. The Morgan fingerprint density at radius 2 is 1.68 bits per heavy atom. The zero-order valence-corrected chi connectivity index (χ0v) is 15.4. The Morgan fingerprint density at radius 1 is 0.929 bits per heavy atom. The van der Waals surface area contributed by atoms with Crippen LogP contribution in [0.2, 0.25) is 0 Å². The molecular formula is C23H20N4O. The van der Waals surface area contributed by atoms with E-state index in [0.717, 1.165) is 23.0 Å². The highest BCUT2D eigenvalue weighted by Gasteiger charge is 2.32. The molecule has 0 bridgehead atoms. The fraction of sp³-hybridized carbons (Fsp3) is 0.174. The van der Waals surface area contributed by atoms with Crippen LogP contribution in [-0.2, 0) is 17.8 Å². The predicted octanol–water partition coefficient (Wildman–Crippen LogP) is 3.61. The maximum absolute atomic E-state index is 13.3. The Labute approximate surface area is 163 Å². The van der Waals surface area contributed by atoms with Gasteiger partial charge in [0.05, 0.1) is 11.6 Å². The molecule has 1 aliphatic heterocycles. The molecule has 0 aliphatic carbocycles. The van der Waals surface area contributed by atoms with Crippen LogP contribution in [0.5, 0.6) is 0 Å². The third-order valence-electron chi connectivity index (χ3n) is 5.42. The number of fused-ring (bicyclic) bond motifs is 2. The summed E-state index contributed by atoms with van der Waals surface area (Å²) in [6.07, 6.45) is 0.864. The molecule has 1 amide bonds. The normalized spacial score (nSPS) is 16.1. The molecule has 1 atom stereocenters. The number of carbonyl (C=O) groups is 1. The van der Waals surface area contributed by atoms with E-state index in [1.165, 1.54) is 11.1 Å². The van der Waals surface area contributed by atoms with Gasteiger partial charge < -0.3 is 4.90 Å². The van der Waals surface area contributed by atoms with E-state index in [-0.39, 0.29) is 18.5 Å². The smallest absolute Gasteiger partial charge is 0.245 e. The Bertz CT molecular complexity index is 1140. The Kier molecular flexibility index (Phi) is 4.13. The van der Waals surface area contributed by atoms with Gasteiger partial charge in [0, 0.05) is 6.54 Å². The fourth-order valence-corrected chi connectivity index (χ4v) is 4.08. The average molecular weight is 368 g/mol. The van der Waals surface area contributed by atoms with Crippen molar-refractivity contribution in [3.63, 3.8) is 0 Å². The number of aromatic nitrogens is 3. The summed E-state index contributed by atoms with van der Waals surface area (Å²) in [6, 6.07) is 26.3. The number of amides is 1. The van der Waals surface area contributed by atoms with Gasteiger partial charge in [-0.1, -0.05) is 71.9 Å². The van der Waals surface area contributed by atoms with E-state index < -0.39 is 0 Å². The molecule has 28 heavy (non-hydrogen) atoms. The van der Waals surface area contributed by atoms with Crippen LogP contribution in [-0.4, -0.2) is 32.3 Å². The minimum absolute atomic E-state index is 0.0546. The first kappa shape index (κ1) is 16.7. The SMILES string of the molecule is O=C(Cn1nnc2ccccc21)N1CCc2ccccc2C1c1ccccc1. The minimum Gasteiger partial charge on any atom is -0.330 e. The highest BCUT2D eigenvalue weighted by atomic mass is 16.2. The number of nitrogens with zero attached hydrogens (tertiary/aromatic N) is 4. The standard InChI is InChI=1S/C23H20N4O/c28-22(16-27-21-13-7-6-12-20(21)24-25-27)26-15-14-17-8-4-5-11-19(17)23(26)18-9-2-1-3-10-18/h1-13,23H,14-16H2. The Morgan fingerprint density at radius 3 is 2.57 bits per heavy atom. The van der Waals surface area contributed by atoms with Crippen molar-refractivity contribution in [1.29, 1.82) is 0 Å². The zero-order chi connectivity index (χ0) is 18.9. The molecule has 0 radical (unpaired) electrons. The predicted molar refractivity (Wildman–Crippen MR) is 108 cm³/mol. The van der Waals surface area contributed by atoms with Crippen molar-refractivity contribution < 1.29 is 4.79 Å². The van der Waals surface area contributed by atoms with E-state index >= 15 is 0 Å². The molecule has 1 aliphatic rings. The lowest BCUT2D eigenvalue weighted by molar-refractivity contribution is -0.134. The number of hydrogen-bond acceptors (Lipinski definition) is 3. The van der Waals surface area contributed by atoms with Crippen molar-refractivity contribution in [2.45, 2.75) is 19.0 Å². The molecule has 1 unspecified atom stereocenters. The summed E-state index contributed by atoms with van der Waals surface area (Å²) in [5.74, 6) is 0.0546. The molecular weight excluding hydrogens is 348 g/mol. The van der Waals surface area contributed by atoms with Gasteiger partial charge >= 0.3 is 0 Å². The van der Waals surface area contributed by atoms with Crippen LogP contribution >= 0.6 is 0 Å². The lowest BCUT2D eigenvalue weighted by Gasteiger charge is -2.37. The fourth-order valence-electron chi connectivity index (χ4n) is 4.08. The summed E-state index contributed by atoms with van der Waals surface area (Å²) in [7, 11) is 0. The topological polar surface area (TPSA) is 51.0 Å². The van der Waals surface area contributed by atoms with Crippen molar-refractivity contribution >= 4 is 16.9 Å². The molecule has 0 N–H and O–H groups in total. The largest absolute Gasteiger partial charge is 0.330 e. The average Bonchev–Trinajstić information content (AvgIpc) is 3.16. The maximum Gasteiger partial charge on any atom is 0.245 e. The number of benzene rings is 3. The molecule has 1 aromatic heterocycles. The summed E-state index contributed by atoms with van der Waals surface area (Å²) in [4.78, 5) is 15.3. The van der Waals surface area contributed by atoms with Gasteiger partial charge in [-0.3, -0.25) is 4.79 Å². The van der Waals surface area contributed by atoms with Crippen molar-refractivity contribution in [2.75, 3.05) is 6.54 Å². The molecule has 0 saturated carbocycles. The molecule has 138 valence electrons. The van der Waals surface area contributed by atoms with Gasteiger partial charge in [-0.05, 0) is 35.2 Å². The first-order chi connectivity index (χ1) is 13.8. The van der Waals surface area contributed by atoms with E-state index in [1.807, 2.05) is 53.4 Å². The van der Waals surface area contributed by atoms with E-state index in [0.29, 0.717) is 6.54 Å². The molecule has 5 heteroatoms. The summed E-state index contributed by atoms with van der Waals surface area (Å²) < 4.78 is 1.69. The first-order valence-corrected chi connectivity index (χ1v) is 9.52. The van der Waals surface area contributed by atoms with Crippen molar-refractivity contribution in [2.24, 2.45) is 0 Å². The Balaban J connectivity index is 1.51. The molecule has 3 aromatic carbocycles. The number of hydrogen-bond donors (Lipinski definition) is 0. The van der Waals surface area contributed by atoms with Crippen LogP contribution in [0.15, 0.2) is 78.9 Å². The van der Waals surface area contributed by atoms with E-state index in [2.05, 4.69) is 40.6 Å². The number of para-hydroxylation sites is 1. The number of carbonyl (C=O) groups excluding carboxylic acids is 1. The summed E-state index contributed by atoms with van der Waals surface area (Å²) in [6.45, 7) is 0.883. The quantitative estimate of drug-likeness (QED) is 0.555. The molecule has 5 nitrogen and oxygen atoms in total. The van der Waals surface area contributed by atoms with Crippen molar-refractivity contribution in [3.05, 3.63) is 95.6 Å². The minimum atomic E-state index is -0.0755. The monoisotopic (exact) mass is 368 g/mol. The van der Waals surface area contributed by atoms with Gasteiger partial charge in [-0.2, -0.15) is 0 Å². The second-order valence-electron chi connectivity index (χ2n) is 7.08. The third-order valence-corrected chi connectivity index (χ3v) is 5.42. The lowest BCUT2D eigenvalue weighted by atomic mass is 9.88. The second kappa shape index (κ2) is 6.93. The van der Waals surface area contributed by atoms with Crippen LogP contribution < -0.4 is 0 Å². The van der Waals surface area contributed by atoms with Crippen LogP contribution in [0.4, 0.5) is 0 Å². The molecule has 5 rings (SSSR count). The van der Waals surface area contributed by atoms with Crippen LogP contribution in [0, 0.1) is 0 Å². The van der Waals surface area contributed by atoms with Crippen molar-refractivity contribution in [1.82, 2.24) is 19.9 Å². The van der Waals surface area contributed by atoms with Gasteiger partial charge in [0.15, 0.2) is 0 Å². The molecule has 0 spiro atoms. The van der Waals surface area contributed by atoms with Gasteiger partial charge in [0.2, 0.25) is 5.91 Å². The van der Waals surface area contributed by atoms with Gasteiger partial charge in [-0.15, -0.1) is 5.10 Å². The highest BCUT2D eigenvalue weighted by molar-refractivity contribution is 5.80. The van der Waals surface area contributed by atoms with Gasteiger partial charge in [0.25, 0.3) is 0 Å². The van der Waals surface area contributed by atoms with Crippen molar-refractivity contribution in [3.8, 4) is 0 Å². The highest BCUT2D eigenvalue weighted by Crippen LogP contribution is 2.35. The third kappa shape index (κ3) is 2.85. The maximum atomic E-state index is 13.3. The zero-order valence-electron chi connectivity index (χ0n) is 15.4. The van der Waals surface area contributed by atoms with Gasteiger partial charge in [-0.25, -0.2) is 4.68 Å². The lowest BCUT2D eigenvalue weighted by Crippen LogP contribution is -2.42. The van der Waals surface area contributed by atoms with Gasteiger partial charge in [0.1, 0.15) is 12.1 Å². The molecule has 0 fully saturated rings. The van der Waals surface area contributed by atoms with E-state index in [4.69, 9.17) is 0 Å². The molecule has 4 aromatic rings. The molecule has 2 heterocycles. The van der Waals surface area contributed by atoms with Crippen LogP contribution in [0.1, 0.15) is 22.7 Å². The van der Waals surface area contributed by atoms with Crippen LogP contribution in [0.3, 0.4) is 0 Å². The summed E-state index contributed by atoms with van der Waals surface area (Å²) >= 11 is 0. The van der Waals surface area contributed by atoms with E-state index in [9.17, 15) is 4.79 Å². The van der Waals surface area contributed by atoms with E-state index in [1.54, 1.807) is 4.68 Å². The summed E-state index contributed by atoms with van der Waals surface area (Å²) in [5.41, 5.74) is 5.33.